The van der Waals surface area contributed by atoms with Crippen LogP contribution in [0.4, 0.5) is 0 Å². The van der Waals surface area contributed by atoms with Gasteiger partial charge in [0, 0.05) is 0 Å². The topological polar surface area (TPSA) is 68.2 Å². The molecule has 0 saturated heterocycles. The van der Waals surface area contributed by atoms with Gasteiger partial charge in [-0.15, -0.1) is 11.3 Å². The average Bonchev–Trinajstić information content (AvgIpc) is 2.36. The van der Waals surface area contributed by atoms with Gasteiger partial charge in [0.05, 0.1) is 5.38 Å². The van der Waals surface area contributed by atoms with Crippen LogP contribution in [0.2, 0.25) is 0 Å². The molecule has 1 amide bonds. The summed E-state index contributed by atoms with van der Waals surface area (Å²) in [6.07, 6.45) is 0.522. The number of hydrogen-bond acceptors (Lipinski definition) is 4. The second kappa shape index (κ2) is 3.89. The van der Waals surface area contributed by atoms with Gasteiger partial charge in [-0.1, -0.05) is 6.92 Å². The fourth-order valence-corrected chi connectivity index (χ4v) is 2.13. The van der Waals surface area contributed by atoms with E-state index in [0.29, 0.717) is 10.4 Å². The predicted octanol–water partition coefficient (Wildman–Crippen LogP) is 1.42. The summed E-state index contributed by atoms with van der Waals surface area (Å²) in [4.78, 5) is 11.0. The average molecular weight is 218 g/mol. The van der Waals surface area contributed by atoms with Crippen molar-refractivity contribution in [3.8, 4) is 5.88 Å². The Hall–Kier alpha value is -0.880. The van der Waals surface area contributed by atoms with Crippen molar-refractivity contribution in [1.82, 2.24) is 4.57 Å². The Balaban J connectivity index is 3.18. The molecule has 1 aromatic rings. The second-order valence-corrected chi connectivity index (χ2v) is 4.06. The molecular weight excluding hydrogens is 208 g/mol. The van der Waals surface area contributed by atoms with Crippen LogP contribution in [0, 0.1) is 3.95 Å². The van der Waals surface area contributed by atoms with E-state index in [1.165, 1.54) is 21.3 Å². The number of nitrogens with zero attached hydrogens (tertiary/aromatic N) is 1. The van der Waals surface area contributed by atoms with Crippen LogP contribution in [0.1, 0.15) is 19.4 Å². The van der Waals surface area contributed by atoms with E-state index in [1.807, 2.05) is 6.92 Å². The molecule has 6 heteroatoms. The number of carbonyl (C=O) groups excluding carboxylic acids is 1. The minimum absolute atomic E-state index is 0.000602. The van der Waals surface area contributed by atoms with Crippen molar-refractivity contribution in [3.05, 3.63) is 9.33 Å². The smallest absolute Gasteiger partial charge is 0.240 e. The number of primary amides is 1. The standard InChI is InChI=1S/C7H10N2O2S2/c1-2-4(6(8)11)9-5(10)3-13-7(9)12/h3-4,10H,2H2,1H3,(H2,8,11). The molecule has 3 N–H and O–H groups in total. The van der Waals surface area contributed by atoms with Gasteiger partial charge < -0.3 is 10.8 Å². The van der Waals surface area contributed by atoms with Gasteiger partial charge in [0.1, 0.15) is 6.04 Å². The third kappa shape index (κ3) is 1.89. The van der Waals surface area contributed by atoms with E-state index in [0.717, 1.165) is 0 Å². The molecule has 72 valence electrons. The molecule has 0 bridgehead atoms. The molecule has 1 heterocycles. The number of rotatable bonds is 3. The lowest BCUT2D eigenvalue weighted by molar-refractivity contribution is -0.121. The first-order valence-electron chi connectivity index (χ1n) is 3.76. The first kappa shape index (κ1) is 10.2. The quantitative estimate of drug-likeness (QED) is 0.754. The fraction of sp³-hybridized carbons (Fsp3) is 0.429. The van der Waals surface area contributed by atoms with Crippen LogP contribution in [0.5, 0.6) is 5.88 Å². The van der Waals surface area contributed by atoms with Crippen LogP contribution in [0.25, 0.3) is 0 Å². The van der Waals surface area contributed by atoms with Crippen LogP contribution in [0.15, 0.2) is 5.38 Å². The van der Waals surface area contributed by atoms with Gasteiger partial charge in [0.2, 0.25) is 11.8 Å². The van der Waals surface area contributed by atoms with Crippen LogP contribution < -0.4 is 5.73 Å². The van der Waals surface area contributed by atoms with Gasteiger partial charge in [-0.2, -0.15) is 0 Å². The van der Waals surface area contributed by atoms with Crippen LogP contribution >= 0.6 is 23.6 Å². The van der Waals surface area contributed by atoms with E-state index < -0.39 is 11.9 Å². The molecule has 1 rings (SSSR count). The molecule has 13 heavy (non-hydrogen) atoms. The highest BCUT2D eigenvalue weighted by molar-refractivity contribution is 7.73. The summed E-state index contributed by atoms with van der Waals surface area (Å²) < 4.78 is 1.84. The van der Waals surface area contributed by atoms with Crippen molar-refractivity contribution in [1.29, 1.82) is 0 Å². The Morgan fingerprint density at radius 2 is 2.54 bits per heavy atom. The molecule has 0 spiro atoms. The molecular formula is C7H10N2O2S2. The second-order valence-electron chi connectivity index (χ2n) is 2.56. The first-order chi connectivity index (χ1) is 6.07. The fourth-order valence-electron chi connectivity index (χ4n) is 1.11. The van der Waals surface area contributed by atoms with Gasteiger partial charge in [-0.3, -0.25) is 9.36 Å². The van der Waals surface area contributed by atoms with Crippen LogP contribution in [0.3, 0.4) is 0 Å². The van der Waals surface area contributed by atoms with Crippen LogP contribution in [-0.2, 0) is 4.79 Å². The van der Waals surface area contributed by atoms with E-state index in [4.69, 9.17) is 18.0 Å². The molecule has 0 aliphatic heterocycles. The van der Waals surface area contributed by atoms with E-state index in [-0.39, 0.29) is 5.88 Å². The molecule has 1 atom stereocenters. The Morgan fingerprint density at radius 3 is 2.85 bits per heavy atom. The summed E-state index contributed by atoms with van der Waals surface area (Å²) in [6, 6.07) is -0.543. The molecule has 1 aromatic heterocycles. The summed E-state index contributed by atoms with van der Waals surface area (Å²) in [7, 11) is 0. The number of hydrogen-bond donors (Lipinski definition) is 2. The van der Waals surface area contributed by atoms with Gasteiger partial charge in [-0.25, -0.2) is 0 Å². The summed E-state index contributed by atoms with van der Waals surface area (Å²) in [6.45, 7) is 1.81. The number of amides is 1. The minimum atomic E-state index is -0.543. The van der Waals surface area contributed by atoms with E-state index in [1.54, 1.807) is 0 Å². The summed E-state index contributed by atoms with van der Waals surface area (Å²) in [5, 5.41) is 10.9. The van der Waals surface area contributed by atoms with Gasteiger partial charge >= 0.3 is 0 Å². The Kier molecular flexibility index (Phi) is 3.05. The Bertz CT molecular complexity index is 369. The zero-order chi connectivity index (χ0) is 10.0. The number of nitrogens with two attached hydrogens (primary N) is 1. The van der Waals surface area contributed by atoms with Crippen molar-refractivity contribution >= 4 is 29.5 Å². The van der Waals surface area contributed by atoms with Crippen molar-refractivity contribution < 1.29 is 9.90 Å². The zero-order valence-corrected chi connectivity index (χ0v) is 8.69. The number of carbonyl (C=O) groups is 1. The van der Waals surface area contributed by atoms with Gasteiger partial charge in [-0.05, 0) is 18.6 Å². The van der Waals surface area contributed by atoms with E-state index >= 15 is 0 Å². The lowest BCUT2D eigenvalue weighted by Crippen LogP contribution is -2.25. The molecule has 0 aromatic carbocycles. The van der Waals surface area contributed by atoms with Crippen molar-refractivity contribution in [2.24, 2.45) is 5.73 Å². The SMILES string of the molecule is CCC(C(N)=O)n1c(O)csc1=S. The maximum Gasteiger partial charge on any atom is 0.240 e. The van der Waals surface area contributed by atoms with Crippen molar-refractivity contribution in [3.63, 3.8) is 0 Å². The summed E-state index contributed by atoms with van der Waals surface area (Å²) in [5.41, 5.74) is 5.16. The molecule has 4 nitrogen and oxygen atoms in total. The van der Waals surface area contributed by atoms with Crippen LogP contribution in [-0.4, -0.2) is 15.6 Å². The van der Waals surface area contributed by atoms with Gasteiger partial charge in [0.25, 0.3) is 0 Å². The molecule has 0 fully saturated rings. The Labute approximate surface area is 84.6 Å². The highest BCUT2D eigenvalue weighted by Gasteiger charge is 2.18. The molecule has 0 aliphatic carbocycles. The third-order valence-corrected chi connectivity index (χ3v) is 2.95. The number of aromatic hydroxyl groups is 1. The highest BCUT2D eigenvalue weighted by Crippen LogP contribution is 2.24. The van der Waals surface area contributed by atoms with Gasteiger partial charge in [0.15, 0.2) is 3.95 Å². The van der Waals surface area contributed by atoms with Crippen molar-refractivity contribution in [2.75, 3.05) is 0 Å². The minimum Gasteiger partial charge on any atom is -0.494 e. The maximum absolute atomic E-state index is 11.0. The molecule has 0 radical (unpaired) electrons. The summed E-state index contributed by atoms with van der Waals surface area (Å²) in [5.74, 6) is -0.479. The van der Waals surface area contributed by atoms with E-state index in [9.17, 15) is 9.90 Å². The maximum atomic E-state index is 11.0. The number of aromatic nitrogens is 1. The molecule has 1 unspecified atom stereocenters. The number of thiazole rings is 1. The highest BCUT2D eigenvalue weighted by atomic mass is 32.1. The summed E-state index contributed by atoms with van der Waals surface area (Å²) >= 11 is 6.16. The normalized spacial score (nSPS) is 12.7. The molecule has 0 saturated carbocycles. The third-order valence-electron chi connectivity index (χ3n) is 1.74. The predicted molar refractivity (Wildman–Crippen MR) is 53.3 cm³/mol. The zero-order valence-electron chi connectivity index (χ0n) is 7.06. The monoisotopic (exact) mass is 218 g/mol. The largest absolute Gasteiger partial charge is 0.494 e. The Morgan fingerprint density at radius 1 is 1.92 bits per heavy atom. The lowest BCUT2D eigenvalue weighted by atomic mass is 10.2. The first-order valence-corrected chi connectivity index (χ1v) is 5.05. The lowest BCUT2D eigenvalue weighted by Gasteiger charge is -2.13. The van der Waals surface area contributed by atoms with Crippen molar-refractivity contribution in [2.45, 2.75) is 19.4 Å². The molecule has 0 aliphatic rings. The van der Waals surface area contributed by atoms with E-state index in [2.05, 4.69) is 0 Å².